The normalized spacial score (nSPS) is 13.7. The summed E-state index contributed by atoms with van der Waals surface area (Å²) in [5.41, 5.74) is 4.88. The standard InChI is InChI=1S/C12H11F3N2O2/c13-12(14,15)8-3-1-2-6-4-7(17-10(6)8)5-9(16)11(18)19/h1-4,9,17H,5,16H2,(H,18,19). The lowest BCUT2D eigenvalue weighted by atomic mass is 10.1. The van der Waals surface area contributed by atoms with Gasteiger partial charge in [0, 0.05) is 17.5 Å². The minimum atomic E-state index is -4.46. The Bertz CT molecular complexity index is 619. The van der Waals surface area contributed by atoms with Crippen LogP contribution in [0.15, 0.2) is 24.3 Å². The summed E-state index contributed by atoms with van der Waals surface area (Å²) in [5, 5.41) is 9.06. The molecule has 0 fully saturated rings. The van der Waals surface area contributed by atoms with Crippen molar-refractivity contribution in [2.24, 2.45) is 5.73 Å². The molecule has 0 aliphatic rings. The van der Waals surface area contributed by atoms with Crippen LogP contribution in [0.5, 0.6) is 0 Å². The topological polar surface area (TPSA) is 79.1 Å². The van der Waals surface area contributed by atoms with Gasteiger partial charge in [0.05, 0.1) is 11.1 Å². The zero-order chi connectivity index (χ0) is 14.2. The van der Waals surface area contributed by atoms with Gasteiger partial charge in [0.1, 0.15) is 6.04 Å². The number of fused-ring (bicyclic) bond motifs is 1. The molecule has 19 heavy (non-hydrogen) atoms. The van der Waals surface area contributed by atoms with E-state index in [1.807, 2.05) is 0 Å². The van der Waals surface area contributed by atoms with Gasteiger partial charge in [-0.2, -0.15) is 13.2 Å². The van der Waals surface area contributed by atoms with Gasteiger partial charge < -0.3 is 15.8 Å². The summed E-state index contributed by atoms with van der Waals surface area (Å²) >= 11 is 0. The largest absolute Gasteiger partial charge is 0.480 e. The van der Waals surface area contributed by atoms with E-state index in [0.717, 1.165) is 6.07 Å². The van der Waals surface area contributed by atoms with E-state index in [-0.39, 0.29) is 11.9 Å². The van der Waals surface area contributed by atoms with Gasteiger partial charge in [0.25, 0.3) is 0 Å². The second-order valence-electron chi connectivity index (χ2n) is 4.21. The molecule has 0 bridgehead atoms. The van der Waals surface area contributed by atoms with E-state index in [0.29, 0.717) is 11.1 Å². The Kier molecular flexibility index (Phi) is 3.23. The van der Waals surface area contributed by atoms with Crippen molar-refractivity contribution in [2.75, 3.05) is 0 Å². The number of hydrogen-bond acceptors (Lipinski definition) is 2. The molecule has 2 aromatic rings. The SMILES string of the molecule is NC(Cc1cc2cccc(C(F)(F)F)c2[nH]1)C(=O)O. The number of rotatable bonds is 3. The molecule has 1 heterocycles. The number of alkyl halides is 3. The Morgan fingerprint density at radius 2 is 2.11 bits per heavy atom. The number of para-hydroxylation sites is 1. The molecule has 4 N–H and O–H groups in total. The lowest BCUT2D eigenvalue weighted by molar-refractivity contribution is -0.138. The van der Waals surface area contributed by atoms with Crippen LogP contribution < -0.4 is 5.73 Å². The van der Waals surface area contributed by atoms with Crippen molar-refractivity contribution in [3.8, 4) is 0 Å². The van der Waals surface area contributed by atoms with Crippen molar-refractivity contribution in [1.82, 2.24) is 4.98 Å². The number of aromatic nitrogens is 1. The van der Waals surface area contributed by atoms with E-state index in [1.54, 1.807) is 0 Å². The third kappa shape index (κ3) is 2.70. The van der Waals surface area contributed by atoms with E-state index < -0.39 is 23.8 Å². The number of benzene rings is 1. The molecule has 4 nitrogen and oxygen atoms in total. The molecular formula is C12H11F3N2O2. The number of hydrogen-bond donors (Lipinski definition) is 3. The molecule has 0 aliphatic heterocycles. The smallest absolute Gasteiger partial charge is 0.418 e. The third-order valence-corrected chi connectivity index (χ3v) is 2.77. The predicted octanol–water partition coefficient (Wildman–Crippen LogP) is 2.14. The molecule has 0 aliphatic carbocycles. The van der Waals surface area contributed by atoms with Crippen LogP contribution in [-0.4, -0.2) is 22.1 Å². The molecule has 2 rings (SSSR count). The molecule has 1 unspecified atom stereocenters. The fourth-order valence-corrected chi connectivity index (χ4v) is 1.88. The maximum atomic E-state index is 12.8. The highest BCUT2D eigenvalue weighted by Crippen LogP contribution is 2.34. The Balaban J connectivity index is 2.43. The first-order valence-corrected chi connectivity index (χ1v) is 5.45. The molecule has 102 valence electrons. The number of carboxylic acid groups (broad SMARTS) is 1. The first kappa shape index (κ1) is 13.4. The number of H-pyrrole nitrogens is 1. The number of aromatic amines is 1. The molecule has 1 aromatic heterocycles. The third-order valence-electron chi connectivity index (χ3n) is 2.77. The fourth-order valence-electron chi connectivity index (χ4n) is 1.88. The average Bonchev–Trinajstić information content (AvgIpc) is 2.68. The van der Waals surface area contributed by atoms with E-state index in [2.05, 4.69) is 4.98 Å². The van der Waals surface area contributed by atoms with Gasteiger partial charge in [0.2, 0.25) is 0 Å². The van der Waals surface area contributed by atoms with Crippen LogP contribution in [0.3, 0.4) is 0 Å². The van der Waals surface area contributed by atoms with Gasteiger partial charge in [-0.1, -0.05) is 12.1 Å². The number of aliphatic carboxylic acids is 1. The molecule has 0 radical (unpaired) electrons. The van der Waals surface area contributed by atoms with Crippen molar-refractivity contribution in [3.63, 3.8) is 0 Å². The van der Waals surface area contributed by atoms with E-state index in [9.17, 15) is 18.0 Å². The highest BCUT2D eigenvalue weighted by molar-refractivity contribution is 5.84. The second kappa shape index (κ2) is 4.58. The summed E-state index contributed by atoms with van der Waals surface area (Å²) in [7, 11) is 0. The summed E-state index contributed by atoms with van der Waals surface area (Å²) < 4.78 is 38.3. The van der Waals surface area contributed by atoms with E-state index in [4.69, 9.17) is 10.8 Å². The minimum absolute atomic E-state index is 0.0532. The van der Waals surface area contributed by atoms with Crippen LogP contribution in [-0.2, 0) is 17.4 Å². The first-order valence-electron chi connectivity index (χ1n) is 5.45. The summed E-state index contributed by atoms with van der Waals surface area (Å²) in [6.07, 6.45) is -4.52. The van der Waals surface area contributed by atoms with Crippen LogP contribution in [0.2, 0.25) is 0 Å². The van der Waals surface area contributed by atoms with Crippen LogP contribution in [0.1, 0.15) is 11.3 Å². The first-order chi connectivity index (χ1) is 8.79. The Morgan fingerprint density at radius 3 is 2.68 bits per heavy atom. The average molecular weight is 272 g/mol. The number of nitrogens with two attached hydrogens (primary N) is 1. The van der Waals surface area contributed by atoms with Gasteiger partial charge in [-0.25, -0.2) is 0 Å². The Hall–Kier alpha value is -2.02. The summed E-state index contributed by atoms with van der Waals surface area (Å²) in [6.45, 7) is 0. The van der Waals surface area contributed by atoms with Crippen molar-refractivity contribution in [2.45, 2.75) is 18.6 Å². The lowest BCUT2D eigenvalue weighted by Crippen LogP contribution is -2.32. The quantitative estimate of drug-likeness (QED) is 0.801. The van der Waals surface area contributed by atoms with Crippen LogP contribution in [0.4, 0.5) is 13.2 Å². The maximum Gasteiger partial charge on any atom is 0.418 e. The van der Waals surface area contributed by atoms with Gasteiger partial charge in [-0.15, -0.1) is 0 Å². The molecule has 0 saturated carbocycles. The fraction of sp³-hybridized carbons (Fsp3) is 0.250. The summed E-state index contributed by atoms with van der Waals surface area (Å²) in [5.74, 6) is -1.20. The van der Waals surface area contributed by atoms with Crippen molar-refractivity contribution < 1.29 is 23.1 Å². The molecule has 1 aromatic carbocycles. The molecule has 0 amide bonds. The van der Waals surface area contributed by atoms with Crippen molar-refractivity contribution in [1.29, 1.82) is 0 Å². The van der Waals surface area contributed by atoms with Crippen molar-refractivity contribution in [3.05, 3.63) is 35.5 Å². The van der Waals surface area contributed by atoms with Gasteiger partial charge >= 0.3 is 12.1 Å². The molecule has 0 spiro atoms. The predicted molar refractivity (Wildman–Crippen MR) is 62.6 cm³/mol. The summed E-state index contributed by atoms with van der Waals surface area (Å²) in [4.78, 5) is 13.2. The number of carbonyl (C=O) groups is 1. The van der Waals surface area contributed by atoms with Gasteiger partial charge in [-0.05, 0) is 12.1 Å². The zero-order valence-corrected chi connectivity index (χ0v) is 9.66. The van der Waals surface area contributed by atoms with Crippen LogP contribution >= 0.6 is 0 Å². The summed E-state index contributed by atoms with van der Waals surface area (Å²) in [6, 6.07) is 4.13. The Morgan fingerprint density at radius 1 is 1.42 bits per heavy atom. The van der Waals surface area contributed by atoms with Crippen LogP contribution in [0.25, 0.3) is 10.9 Å². The monoisotopic (exact) mass is 272 g/mol. The minimum Gasteiger partial charge on any atom is -0.480 e. The zero-order valence-electron chi connectivity index (χ0n) is 9.66. The highest BCUT2D eigenvalue weighted by atomic mass is 19.4. The van der Waals surface area contributed by atoms with E-state index in [1.165, 1.54) is 18.2 Å². The molecule has 0 saturated heterocycles. The van der Waals surface area contributed by atoms with Gasteiger partial charge in [0.15, 0.2) is 0 Å². The van der Waals surface area contributed by atoms with Crippen LogP contribution in [0, 0.1) is 0 Å². The lowest BCUT2D eigenvalue weighted by Gasteiger charge is -2.07. The number of halogens is 3. The van der Waals surface area contributed by atoms with E-state index >= 15 is 0 Å². The molecule has 1 atom stereocenters. The number of carboxylic acids is 1. The molecular weight excluding hydrogens is 261 g/mol. The Labute approximate surface area is 106 Å². The molecule has 7 heteroatoms. The number of nitrogens with one attached hydrogen (secondary N) is 1. The highest BCUT2D eigenvalue weighted by Gasteiger charge is 2.33. The second-order valence-corrected chi connectivity index (χ2v) is 4.21. The maximum absolute atomic E-state index is 12.8. The van der Waals surface area contributed by atoms with Crippen molar-refractivity contribution >= 4 is 16.9 Å². The van der Waals surface area contributed by atoms with Gasteiger partial charge in [-0.3, -0.25) is 4.79 Å².